The third-order valence-electron chi connectivity index (χ3n) is 4.92. The molecule has 1 aromatic carbocycles. The van der Waals surface area contributed by atoms with Gasteiger partial charge in [-0.15, -0.1) is 0 Å². The Morgan fingerprint density at radius 2 is 1.90 bits per heavy atom. The minimum absolute atomic E-state index is 0.0803. The molecule has 2 nitrogen and oxygen atoms in total. The highest BCUT2D eigenvalue weighted by atomic mass is 16.3. The first-order chi connectivity index (χ1) is 9.60. The zero-order chi connectivity index (χ0) is 14.6. The zero-order valence-electron chi connectivity index (χ0n) is 13.2. The molecule has 0 aliphatic heterocycles. The Balaban J connectivity index is 2.27. The summed E-state index contributed by atoms with van der Waals surface area (Å²) in [6.07, 6.45) is 7.81. The van der Waals surface area contributed by atoms with Gasteiger partial charge in [-0.1, -0.05) is 56.9 Å². The summed E-state index contributed by atoms with van der Waals surface area (Å²) in [6, 6.07) is 8.55. The van der Waals surface area contributed by atoms with Crippen LogP contribution in [-0.2, 0) is 6.42 Å². The lowest BCUT2D eigenvalue weighted by Crippen LogP contribution is -2.50. The number of nitrogens with zero attached hydrogens (tertiary/aromatic N) is 1. The summed E-state index contributed by atoms with van der Waals surface area (Å²) in [6.45, 7) is 2.20. The summed E-state index contributed by atoms with van der Waals surface area (Å²) >= 11 is 0. The summed E-state index contributed by atoms with van der Waals surface area (Å²) < 4.78 is 0. The van der Waals surface area contributed by atoms with Crippen LogP contribution in [0.3, 0.4) is 0 Å². The van der Waals surface area contributed by atoms with E-state index in [-0.39, 0.29) is 11.6 Å². The number of aliphatic hydroxyl groups is 1. The van der Waals surface area contributed by atoms with Crippen molar-refractivity contribution in [2.24, 2.45) is 0 Å². The number of benzene rings is 1. The number of aliphatic hydroxyl groups excluding tert-OH is 1. The van der Waals surface area contributed by atoms with Gasteiger partial charge in [-0.3, -0.25) is 0 Å². The molecule has 1 unspecified atom stereocenters. The fourth-order valence-corrected chi connectivity index (χ4v) is 3.65. The molecule has 1 aliphatic carbocycles. The summed E-state index contributed by atoms with van der Waals surface area (Å²) in [5, 5.41) is 11.0. The molecule has 1 N–H and O–H groups in total. The molecular weight excluding hydrogens is 246 g/mol. The van der Waals surface area contributed by atoms with Gasteiger partial charge in [0.05, 0.1) is 11.6 Å². The third-order valence-corrected chi connectivity index (χ3v) is 4.92. The molecule has 0 radical (unpaired) electrons. The molecule has 1 fully saturated rings. The predicted octanol–water partition coefficient (Wildman–Crippen LogP) is 3.94. The van der Waals surface area contributed by atoms with Crippen molar-refractivity contribution in [3.63, 3.8) is 0 Å². The minimum Gasteiger partial charge on any atom is -0.386 e. The van der Waals surface area contributed by atoms with Gasteiger partial charge in [-0.25, -0.2) is 0 Å². The molecule has 2 rings (SSSR count). The molecule has 2 heteroatoms. The smallest absolute Gasteiger partial charge is 0.0973 e. The van der Waals surface area contributed by atoms with Crippen molar-refractivity contribution >= 4 is 0 Å². The van der Waals surface area contributed by atoms with Gasteiger partial charge in [0.15, 0.2) is 0 Å². The van der Waals surface area contributed by atoms with Crippen LogP contribution in [-0.4, -0.2) is 29.6 Å². The van der Waals surface area contributed by atoms with E-state index in [1.165, 1.54) is 24.8 Å². The Kier molecular flexibility index (Phi) is 5.22. The zero-order valence-corrected chi connectivity index (χ0v) is 13.2. The molecule has 1 atom stereocenters. The average molecular weight is 275 g/mol. The van der Waals surface area contributed by atoms with Gasteiger partial charge < -0.3 is 10.0 Å². The topological polar surface area (TPSA) is 23.5 Å². The van der Waals surface area contributed by atoms with E-state index < -0.39 is 0 Å². The molecule has 112 valence electrons. The van der Waals surface area contributed by atoms with E-state index in [2.05, 4.69) is 50.2 Å². The van der Waals surface area contributed by atoms with E-state index in [1.54, 1.807) is 0 Å². The van der Waals surface area contributed by atoms with Crippen LogP contribution in [0.25, 0.3) is 0 Å². The first-order valence-electron chi connectivity index (χ1n) is 8.04. The Morgan fingerprint density at radius 3 is 2.50 bits per heavy atom. The number of likely N-dealkylation sites (N-methyl/N-ethyl adjacent to an activating group) is 1. The van der Waals surface area contributed by atoms with Crippen LogP contribution in [0.4, 0.5) is 0 Å². The fourth-order valence-electron chi connectivity index (χ4n) is 3.65. The summed E-state index contributed by atoms with van der Waals surface area (Å²) in [4.78, 5) is 2.25. The second-order valence-electron chi connectivity index (χ2n) is 6.46. The highest BCUT2D eigenvalue weighted by Crippen LogP contribution is 2.42. The highest BCUT2D eigenvalue weighted by Gasteiger charge is 2.41. The van der Waals surface area contributed by atoms with Crippen LogP contribution in [0.15, 0.2) is 24.3 Å². The fraction of sp³-hybridized carbons (Fsp3) is 0.667. The molecular formula is C18H29NO. The molecule has 1 saturated carbocycles. The Morgan fingerprint density at radius 1 is 1.20 bits per heavy atom. The van der Waals surface area contributed by atoms with Gasteiger partial charge in [0.2, 0.25) is 0 Å². The second kappa shape index (κ2) is 6.73. The van der Waals surface area contributed by atoms with Crippen LogP contribution < -0.4 is 0 Å². The molecule has 0 spiro atoms. The van der Waals surface area contributed by atoms with Crippen LogP contribution in [0.2, 0.25) is 0 Å². The van der Waals surface area contributed by atoms with E-state index in [4.69, 9.17) is 0 Å². The molecule has 1 aromatic rings. The number of hydrogen-bond donors (Lipinski definition) is 1. The molecule has 0 bridgehead atoms. The highest BCUT2D eigenvalue weighted by molar-refractivity contribution is 5.28. The van der Waals surface area contributed by atoms with E-state index in [1.807, 2.05) is 0 Å². The van der Waals surface area contributed by atoms with Crippen LogP contribution in [0, 0.1) is 0 Å². The third kappa shape index (κ3) is 3.07. The van der Waals surface area contributed by atoms with E-state index in [0.717, 1.165) is 31.2 Å². The Bertz CT molecular complexity index is 421. The number of aryl methyl sites for hydroxylation is 1. The predicted molar refractivity (Wildman–Crippen MR) is 84.9 cm³/mol. The van der Waals surface area contributed by atoms with Crippen molar-refractivity contribution in [2.45, 2.75) is 63.5 Å². The lowest BCUT2D eigenvalue weighted by Gasteiger charge is -2.46. The lowest BCUT2D eigenvalue weighted by molar-refractivity contribution is -0.0336. The molecule has 0 heterocycles. The van der Waals surface area contributed by atoms with Crippen LogP contribution in [0.5, 0.6) is 0 Å². The van der Waals surface area contributed by atoms with Gasteiger partial charge in [0.1, 0.15) is 0 Å². The maximum Gasteiger partial charge on any atom is 0.0973 e. The normalized spacial score (nSPS) is 20.1. The van der Waals surface area contributed by atoms with Gasteiger partial charge >= 0.3 is 0 Å². The lowest BCUT2D eigenvalue weighted by atomic mass is 9.74. The SMILES string of the molecule is CCCc1cccc(C(O)C2(N(C)C)CCCCC2)c1. The first kappa shape index (κ1) is 15.5. The maximum absolute atomic E-state index is 11.0. The summed E-state index contributed by atoms with van der Waals surface area (Å²) in [5.41, 5.74) is 2.35. The summed E-state index contributed by atoms with van der Waals surface area (Å²) in [5.74, 6) is 0. The molecule has 0 saturated heterocycles. The van der Waals surface area contributed by atoms with Crippen molar-refractivity contribution in [1.82, 2.24) is 4.90 Å². The second-order valence-corrected chi connectivity index (χ2v) is 6.46. The Hall–Kier alpha value is -0.860. The van der Waals surface area contributed by atoms with Crippen molar-refractivity contribution in [3.8, 4) is 0 Å². The first-order valence-corrected chi connectivity index (χ1v) is 8.04. The van der Waals surface area contributed by atoms with Crippen molar-refractivity contribution < 1.29 is 5.11 Å². The molecule has 20 heavy (non-hydrogen) atoms. The maximum atomic E-state index is 11.0. The van der Waals surface area contributed by atoms with Crippen molar-refractivity contribution in [1.29, 1.82) is 0 Å². The van der Waals surface area contributed by atoms with Gasteiger partial charge in [0.25, 0.3) is 0 Å². The molecule has 0 amide bonds. The van der Waals surface area contributed by atoms with Crippen molar-refractivity contribution in [3.05, 3.63) is 35.4 Å². The van der Waals surface area contributed by atoms with Gasteiger partial charge in [-0.2, -0.15) is 0 Å². The van der Waals surface area contributed by atoms with E-state index in [9.17, 15) is 5.11 Å². The van der Waals surface area contributed by atoms with E-state index in [0.29, 0.717) is 0 Å². The van der Waals surface area contributed by atoms with Crippen LogP contribution in [0.1, 0.15) is 62.7 Å². The number of rotatable bonds is 5. The monoisotopic (exact) mass is 275 g/mol. The minimum atomic E-state index is -0.380. The molecule has 1 aliphatic rings. The quantitative estimate of drug-likeness (QED) is 0.880. The van der Waals surface area contributed by atoms with Crippen molar-refractivity contribution in [2.75, 3.05) is 14.1 Å². The van der Waals surface area contributed by atoms with Gasteiger partial charge in [-0.05, 0) is 44.5 Å². The standard InChI is InChI=1S/C18H29NO/c1-4-9-15-10-8-11-16(14-15)17(20)18(19(2)3)12-6-5-7-13-18/h8,10-11,14,17,20H,4-7,9,12-13H2,1-3H3. The Labute approximate surface area is 123 Å². The average Bonchev–Trinajstić information content (AvgIpc) is 2.47. The van der Waals surface area contributed by atoms with Crippen LogP contribution >= 0.6 is 0 Å². The molecule has 0 aromatic heterocycles. The number of hydrogen-bond acceptors (Lipinski definition) is 2. The van der Waals surface area contributed by atoms with E-state index >= 15 is 0 Å². The van der Waals surface area contributed by atoms with Gasteiger partial charge in [0, 0.05) is 0 Å². The largest absolute Gasteiger partial charge is 0.386 e. The summed E-state index contributed by atoms with van der Waals surface area (Å²) in [7, 11) is 4.23.